The summed E-state index contributed by atoms with van der Waals surface area (Å²) >= 11 is 0. The van der Waals surface area contributed by atoms with Crippen molar-refractivity contribution < 1.29 is 9.53 Å². The Morgan fingerprint density at radius 2 is 1.58 bits per heavy atom. The van der Waals surface area contributed by atoms with Crippen LogP contribution in [-0.2, 0) is 6.54 Å². The lowest BCUT2D eigenvalue weighted by molar-refractivity contribution is 0.102. The monoisotopic (exact) mass is 353 g/mol. The standard InChI is InChI=1S/C21H27N3O2/c1-3-23-12-14-24(15-13-23)16-17-4-8-19(9-5-17)22-21(25)18-6-10-20(26-2)11-7-18/h4-11H,3,12-16H2,1-2H3,(H,22,25). The first kappa shape index (κ1) is 18.4. The molecule has 1 heterocycles. The van der Waals surface area contributed by atoms with Crippen molar-refractivity contribution in [2.24, 2.45) is 0 Å². The molecule has 1 aliphatic heterocycles. The van der Waals surface area contributed by atoms with Gasteiger partial charge in [-0.1, -0.05) is 19.1 Å². The van der Waals surface area contributed by atoms with Crippen LogP contribution in [0.3, 0.4) is 0 Å². The molecular weight excluding hydrogens is 326 g/mol. The van der Waals surface area contributed by atoms with E-state index in [2.05, 4.69) is 34.2 Å². The van der Waals surface area contributed by atoms with Gasteiger partial charge in [0.15, 0.2) is 0 Å². The van der Waals surface area contributed by atoms with Gasteiger partial charge in [0, 0.05) is 44.0 Å². The number of benzene rings is 2. The summed E-state index contributed by atoms with van der Waals surface area (Å²) in [5.74, 6) is 0.627. The highest BCUT2D eigenvalue weighted by Gasteiger charge is 2.15. The number of hydrogen-bond acceptors (Lipinski definition) is 4. The molecule has 0 unspecified atom stereocenters. The van der Waals surface area contributed by atoms with Crippen LogP contribution < -0.4 is 10.1 Å². The zero-order valence-corrected chi connectivity index (χ0v) is 15.6. The molecule has 138 valence electrons. The summed E-state index contributed by atoms with van der Waals surface area (Å²) in [6.45, 7) is 8.84. The summed E-state index contributed by atoms with van der Waals surface area (Å²) in [5.41, 5.74) is 2.70. The van der Waals surface area contributed by atoms with Gasteiger partial charge in [-0.05, 0) is 48.5 Å². The highest BCUT2D eigenvalue weighted by molar-refractivity contribution is 6.04. The highest BCUT2D eigenvalue weighted by atomic mass is 16.5. The SMILES string of the molecule is CCN1CCN(Cc2ccc(NC(=O)c3ccc(OC)cc3)cc2)CC1. The smallest absolute Gasteiger partial charge is 0.255 e. The molecule has 0 aromatic heterocycles. The van der Waals surface area contributed by atoms with Crippen molar-refractivity contribution in [3.63, 3.8) is 0 Å². The predicted molar refractivity (Wildman–Crippen MR) is 105 cm³/mol. The van der Waals surface area contributed by atoms with Crippen LogP contribution in [0.25, 0.3) is 0 Å². The number of piperazine rings is 1. The van der Waals surface area contributed by atoms with Gasteiger partial charge in [0.05, 0.1) is 7.11 Å². The van der Waals surface area contributed by atoms with E-state index in [0.29, 0.717) is 5.56 Å². The van der Waals surface area contributed by atoms with Gasteiger partial charge in [0.25, 0.3) is 5.91 Å². The normalized spacial score (nSPS) is 15.6. The fourth-order valence-corrected chi connectivity index (χ4v) is 3.16. The van der Waals surface area contributed by atoms with Gasteiger partial charge in [0.2, 0.25) is 0 Å². The van der Waals surface area contributed by atoms with Gasteiger partial charge in [-0.3, -0.25) is 9.69 Å². The number of carbonyl (C=O) groups excluding carboxylic acids is 1. The molecule has 1 aliphatic rings. The van der Waals surface area contributed by atoms with E-state index in [4.69, 9.17) is 4.74 Å². The van der Waals surface area contributed by atoms with E-state index in [1.165, 1.54) is 5.56 Å². The summed E-state index contributed by atoms with van der Waals surface area (Å²) in [6.07, 6.45) is 0. The van der Waals surface area contributed by atoms with Crippen molar-refractivity contribution in [3.8, 4) is 5.75 Å². The van der Waals surface area contributed by atoms with Gasteiger partial charge in [-0.2, -0.15) is 0 Å². The van der Waals surface area contributed by atoms with Gasteiger partial charge >= 0.3 is 0 Å². The van der Waals surface area contributed by atoms with E-state index in [1.807, 2.05) is 12.1 Å². The summed E-state index contributed by atoms with van der Waals surface area (Å²) in [6, 6.07) is 15.2. The summed E-state index contributed by atoms with van der Waals surface area (Å²) in [5, 5.41) is 2.94. The Hall–Kier alpha value is -2.37. The molecule has 3 rings (SSSR count). The number of nitrogens with one attached hydrogen (secondary N) is 1. The van der Waals surface area contributed by atoms with Gasteiger partial charge in [-0.15, -0.1) is 0 Å². The number of methoxy groups -OCH3 is 1. The van der Waals surface area contributed by atoms with Crippen molar-refractivity contribution >= 4 is 11.6 Å². The minimum atomic E-state index is -0.115. The first-order valence-electron chi connectivity index (χ1n) is 9.17. The maximum Gasteiger partial charge on any atom is 0.255 e. The van der Waals surface area contributed by atoms with E-state index in [-0.39, 0.29) is 5.91 Å². The minimum absolute atomic E-state index is 0.115. The lowest BCUT2D eigenvalue weighted by Gasteiger charge is -2.34. The molecule has 0 atom stereocenters. The maximum atomic E-state index is 12.3. The molecule has 2 aromatic rings. The number of anilines is 1. The zero-order chi connectivity index (χ0) is 18.4. The topological polar surface area (TPSA) is 44.8 Å². The molecule has 5 nitrogen and oxygen atoms in total. The van der Waals surface area contributed by atoms with E-state index < -0.39 is 0 Å². The minimum Gasteiger partial charge on any atom is -0.497 e. The number of nitrogens with zero attached hydrogens (tertiary/aromatic N) is 2. The van der Waals surface area contributed by atoms with E-state index >= 15 is 0 Å². The molecule has 2 aromatic carbocycles. The Bertz CT molecular complexity index is 705. The molecule has 0 spiro atoms. The number of rotatable bonds is 6. The second kappa shape index (κ2) is 8.83. The highest BCUT2D eigenvalue weighted by Crippen LogP contribution is 2.16. The molecule has 0 saturated carbocycles. The first-order chi connectivity index (χ1) is 12.7. The van der Waals surface area contributed by atoms with Crippen LogP contribution in [0.5, 0.6) is 5.75 Å². The maximum absolute atomic E-state index is 12.3. The van der Waals surface area contributed by atoms with Gasteiger partial charge < -0.3 is 15.0 Å². The molecule has 0 radical (unpaired) electrons. The van der Waals surface area contributed by atoms with E-state index in [0.717, 1.165) is 50.7 Å². The second-order valence-corrected chi connectivity index (χ2v) is 6.59. The Balaban J connectivity index is 1.53. The van der Waals surface area contributed by atoms with Crippen molar-refractivity contribution in [2.45, 2.75) is 13.5 Å². The van der Waals surface area contributed by atoms with Crippen LogP contribution in [0.1, 0.15) is 22.8 Å². The fourth-order valence-electron chi connectivity index (χ4n) is 3.16. The number of carbonyl (C=O) groups is 1. The fraction of sp³-hybridized carbons (Fsp3) is 0.381. The Labute approximate surface area is 155 Å². The molecule has 1 amide bonds. The quantitative estimate of drug-likeness (QED) is 0.867. The van der Waals surface area contributed by atoms with Crippen LogP contribution in [-0.4, -0.2) is 55.5 Å². The Morgan fingerprint density at radius 1 is 0.962 bits per heavy atom. The zero-order valence-electron chi connectivity index (χ0n) is 15.6. The predicted octanol–water partition coefficient (Wildman–Crippen LogP) is 3.09. The second-order valence-electron chi connectivity index (χ2n) is 6.59. The van der Waals surface area contributed by atoms with Crippen molar-refractivity contribution in [1.82, 2.24) is 9.80 Å². The van der Waals surface area contributed by atoms with E-state index in [1.54, 1.807) is 31.4 Å². The average Bonchev–Trinajstić information content (AvgIpc) is 2.70. The lowest BCUT2D eigenvalue weighted by atomic mass is 10.1. The molecule has 0 bridgehead atoms. The summed E-state index contributed by atoms with van der Waals surface area (Å²) in [7, 11) is 1.61. The number of hydrogen-bond donors (Lipinski definition) is 1. The first-order valence-corrected chi connectivity index (χ1v) is 9.17. The van der Waals surface area contributed by atoms with Crippen LogP contribution in [0, 0.1) is 0 Å². The Morgan fingerprint density at radius 3 is 2.15 bits per heavy atom. The van der Waals surface area contributed by atoms with E-state index in [9.17, 15) is 4.79 Å². The molecule has 1 fully saturated rings. The van der Waals surface area contributed by atoms with Gasteiger partial charge in [-0.25, -0.2) is 0 Å². The number of ether oxygens (including phenoxy) is 1. The average molecular weight is 353 g/mol. The van der Waals surface area contributed by atoms with Crippen LogP contribution in [0.2, 0.25) is 0 Å². The van der Waals surface area contributed by atoms with Crippen LogP contribution in [0.15, 0.2) is 48.5 Å². The molecule has 1 saturated heterocycles. The third-order valence-electron chi connectivity index (χ3n) is 4.88. The summed E-state index contributed by atoms with van der Waals surface area (Å²) in [4.78, 5) is 17.3. The number of likely N-dealkylation sites (N-methyl/N-ethyl adjacent to an activating group) is 1. The molecule has 5 heteroatoms. The molecule has 26 heavy (non-hydrogen) atoms. The van der Waals surface area contributed by atoms with Crippen molar-refractivity contribution in [2.75, 3.05) is 45.2 Å². The van der Waals surface area contributed by atoms with Crippen molar-refractivity contribution in [1.29, 1.82) is 0 Å². The lowest BCUT2D eigenvalue weighted by Crippen LogP contribution is -2.45. The molecular formula is C21H27N3O2. The van der Waals surface area contributed by atoms with Crippen molar-refractivity contribution in [3.05, 3.63) is 59.7 Å². The third kappa shape index (κ3) is 4.84. The molecule has 0 aliphatic carbocycles. The van der Waals surface area contributed by atoms with Crippen LogP contribution in [0.4, 0.5) is 5.69 Å². The largest absolute Gasteiger partial charge is 0.497 e. The Kier molecular flexibility index (Phi) is 6.26. The summed E-state index contributed by atoms with van der Waals surface area (Å²) < 4.78 is 5.12. The third-order valence-corrected chi connectivity index (χ3v) is 4.88. The number of amides is 1. The van der Waals surface area contributed by atoms with Crippen LogP contribution >= 0.6 is 0 Å². The molecule has 1 N–H and O–H groups in total. The van der Waals surface area contributed by atoms with Gasteiger partial charge in [0.1, 0.15) is 5.75 Å².